The van der Waals surface area contributed by atoms with Crippen LogP contribution in [0.3, 0.4) is 0 Å². The van der Waals surface area contributed by atoms with E-state index in [2.05, 4.69) is 4.52 Å². The van der Waals surface area contributed by atoms with Crippen LogP contribution < -0.4 is 0 Å². The fourth-order valence-corrected chi connectivity index (χ4v) is 1.32. The molecular formula is C8H19O6P. The third-order valence-corrected chi connectivity index (χ3v) is 1.81. The molecule has 0 aromatic carbocycles. The highest BCUT2D eigenvalue weighted by Gasteiger charge is 2.34. The van der Waals surface area contributed by atoms with Crippen molar-refractivity contribution in [2.75, 3.05) is 26.4 Å². The summed E-state index contributed by atoms with van der Waals surface area (Å²) < 4.78 is 20.5. The lowest BCUT2D eigenvalue weighted by Crippen LogP contribution is -2.43. The van der Waals surface area contributed by atoms with Gasteiger partial charge in [-0.05, 0) is 20.8 Å². The molecule has 0 rings (SSSR count). The van der Waals surface area contributed by atoms with Gasteiger partial charge < -0.3 is 28.5 Å². The lowest BCUT2D eigenvalue weighted by Gasteiger charge is -2.31. The minimum absolute atomic E-state index is 0.179. The zero-order chi connectivity index (χ0) is 11.7. The van der Waals surface area contributed by atoms with Crippen molar-refractivity contribution in [2.24, 2.45) is 0 Å². The maximum atomic E-state index is 8.65. The Hall–Kier alpha value is 0.190. The fraction of sp³-hybridized carbons (Fsp3) is 1.00. The SMILES string of the molecule is CCOC(COP(O)O)(OCC)OCC. The molecule has 0 aliphatic heterocycles. The summed E-state index contributed by atoms with van der Waals surface area (Å²) in [4.78, 5) is 17.3. The first-order valence-corrected chi connectivity index (χ1v) is 5.99. The normalized spacial score (nSPS) is 12.4. The lowest BCUT2D eigenvalue weighted by atomic mass is 10.5. The number of hydrogen-bond donors (Lipinski definition) is 2. The van der Waals surface area contributed by atoms with Gasteiger partial charge in [-0.1, -0.05) is 0 Å². The summed E-state index contributed by atoms with van der Waals surface area (Å²) in [5.41, 5.74) is 0. The van der Waals surface area contributed by atoms with E-state index in [4.69, 9.17) is 24.0 Å². The van der Waals surface area contributed by atoms with Crippen molar-refractivity contribution in [3.8, 4) is 0 Å². The van der Waals surface area contributed by atoms with E-state index in [9.17, 15) is 0 Å². The van der Waals surface area contributed by atoms with E-state index in [1.807, 2.05) is 0 Å². The zero-order valence-corrected chi connectivity index (χ0v) is 10.2. The quantitative estimate of drug-likeness (QED) is 0.463. The molecule has 92 valence electrons. The average molecular weight is 242 g/mol. The van der Waals surface area contributed by atoms with Crippen molar-refractivity contribution in [1.82, 2.24) is 0 Å². The van der Waals surface area contributed by atoms with Crippen molar-refractivity contribution in [3.63, 3.8) is 0 Å². The van der Waals surface area contributed by atoms with Gasteiger partial charge in [0, 0.05) is 19.8 Å². The second-order valence-electron chi connectivity index (χ2n) is 2.51. The van der Waals surface area contributed by atoms with Gasteiger partial charge in [0.2, 0.25) is 0 Å². The standard InChI is InChI=1S/C8H19O6P/c1-4-11-8(12-5-2,13-6-3)7-14-15(9)10/h9-10H,4-7H2,1-3H3. The van der Waals surface area contributed by atoms with Gasteiger partial charge in [-0.3, -0.25) is 0 Å². The highest BCUT2D eigenvalue weighted by molar-refractivity contribution is 7.39. The summed E-state index contributed by atoms with van der Waals surface area (Å²) in [6.45, 7) is 6.30. The predicted molar refractivity (Wildman–Crippen MR) is 54.9 cm³/mol. The van der Waals surface area contributed by atoms with Gasteiger partial charge >= 0.3 is 14.6 Å². The molecule has 0 fully saturated rings. The first kappa shape index (κ1) is 15.2. The molecule has 0 radical (unpaired) electrons. The first-order valence-electron chi connectivity index (χ1n) is 4.82. The maximum absolute atomic E-state index is 8.65. The van der Waals surface area contributed by atoms with Gasteiger partial charge in [0.1, 0.15) is 6.61 Å². The van der Waals surface area contributed by atoms with Gasteiger partial charge in [0.05, 0.1) is 0 Å². The topological polar surface area (TPSA) is 77.4 Å². The van der Waals surface area contributed by atoms with Gasteiger partial charge in [0.25, 0.3) is 0 Å². The second kappa shape index (κ2) is 8.35. The average Bonchev–Trinajstić information content (AvgIpc) is 2.16. The van der Waals surface area contributed by atoms with Crippen molar-refractivity contribution in [3.05, 3.63) is 0 Å². The van der Waals surface area contributed by atoms with Crippen LogP contribution in [0.25, 0.3) is 0 Å². The van der Waals surface area contributed by atoms with Crippen LogP contribution >= 0.6 is 8.60 Å². The maximum Gasteiger partial charge on any atom is 0.327 e. The smallest absolute Gasteiger partial charge is 0.327 e. The summed E-state index contributed by atoms with van der Waals surface area (Å²) in [5.74, 6) is -1.34. The molecule has 0 aromatic heterocycles. The Morgan fingerprint density at radius 1 is 0.933 bits per heavy atom. The Labute approximate surface area is 91.1 Å². The fourth-order valence-electron chi connectivity index (χ4n) is 1.05. The van der Waals surface area contributed by atoms with Crippen LogP contribution in [-0.2, 0) is 18.7 Å². The first-order chi connectivity index (χ1) is 7.10. The van der Waals surface area contributed by atoms with Crippen LogP contribution in [0.2, 0.25) is 0 Å². The highest BCUT2D eigenvalue weighted by Crippen LogP contribution is 2.28. The van der Waals surface area contributed by atoms with E-state index >= 15 is 0 Å². The number of ether oxygens (including phenoxy) is 3. The molecule has 6 nitrogen and oxygen atoms in total. The summed E-state index contributed by atoms with van der Waals surface area (Å²) >= 11 is 0. The van der Waals surface area contributed by atoms with E-state index in [0.717, 1.165) is 0 Å². The molecule has 0 bridgehead atoms. The van der Waals surface area contributed by atoms with Crippen LogP contribution in [0.1, 0.15) is 20.8 Å². The molecule has 0 heterocycles. The van der Waals surface area contributed by atoms with Crippen LogP contribution in [0.5, 0.6) is 0 Å². The molecule has 15 heavy (non-hydrogen) atoms. The van der Waals surface area contributed by atoms with Crippen LogP contribution in [0.15, 0.2) is 0 Å². The zero-order valence-electron chi connectivity index (χ0n) is 9.30. The number of hydrogen-bond acceptors (Lipinski definition) is 6. The summed E-state index contributed by atoms with van der Waals surface area (Å²) in [6.07, 6.45) is 0. The molecular weight excluding hydrogens is 223 g/mol. The molecule has 0 amide bonds. The van der Waals surface area contributed by atoms with Crippen molar-refractivity contribution in [2.45, 2.75) is 26.7 Å². The molecule has 0 aliphatic rings. The van der Waals surface area contributed by atoms with Crippen molar-refractivity contribution >= 4 is 8.60 Å². The second-order valence-corrected chi connectivity index (χ2v) is 3.27. The largest absolute Gasteiger partial charge is 0.328 e. The van der Waals surface area contributed by atoms with E-state index in [-0.39, 0.29) is 6.61 Å². The van der Waals surface area contributed by atoms with Crippen molar-refractivity contribution < 1.29 is 28.5 Å². The summed E-state index contributed by atoms with van der Waals surface area (Å²) in [5, 5.41) is 0. The van der Waals surface area contributed by atoms with Gasteiger partial charge in [0.15, 0.2) is 0 Å². The molecule has 0 aromatic rings. The third-order valence-electron chi connectivity index (χ3n) is 1.45. The number of rotatable bonds is 9. The van der Waals surface area contributed by atoms with Gasteiger partial charge in [-0.15, -0.1) is 0 Å². The molecule has 0 aliphatic carbocycles. The van der Waals surface area contributed by atoms with Crippen LogP contribution in [0, 0.1) is 0 Å². The molecule has 0 spiro atoms. The summed E-state index contributed by atoms with van der Waals surface area (Å²) in [7, 11) is -2.44. The minimum atomic E-state index is -2.44. The predicted octanol–water partition coefficient (Wildman–Crippen LogP) is 0.978. The Balaban J connectivity index is 4.31. The monoisotopic (exact) mass is 242 g/mol. The minimum Gasteiger partial charge on any atom is -0.328 e. The van der Waals surface area contributed by atoms with E-state index in [0.29, 0.717) is 19.8 Å². The highest BCUT2D eigenvalue weighted by atomic mass is 31.2. The van der Waals surface area contributed by atoms with Gasteiger partial charge in [-0.2, -0.15) is 0 Å². The Kier molecular flexibility index (Phi) is 8.46. The molecule has 0 unspecified atom stereocenters. The van der Waals surface area contributed by atoms with Crippen LogP contribution in [0.4, 0.5) is 0 Å². The molecule has 2 N–H and O–H groups in total. The van der Waals surface area contributed by atoms with Crippen molar-refractivity contribution in [1.29, 1.82) is 0 Å². The van der Waals surface area contributed by atoms with E-state index < -0.39 is 14.6 Å². The Morgan fingerprint density at radius 2 is 1.33 bits per heavy atom. The van der Waals surface area contributed by atoms with Crippen LogP contribution in [-0.4, -0.2) is 42.2 Å². The lowest BCUT2D eigenvalue weighted by molar-refractivity contribution is -0.385. The molecule has 0 saturated carbocycles. The third kappa shape index (κ3) is 6.37. The van der Waals surface area contributed by atoms with E-state index in [1.54, 1.807) is 20.8 Å². The Bertz CT molecular complexity index is 137. The summed E-state index contributed by atoms with van der Waals surface area (Å²) in [6, 6.07) is 0. The Morgan fingerprint density at radius 3 is 1.60 bits per heavy atom. The molecule has 0 saturated heterocycles. The van der Waals surface area contributed by atoms with E-state index in [1.165, 1.54) is 0 Å². The molecule has 7 heteroatoms. The van der Waals surface area contributed by atoms with Gasteiger partial charge in [-0.25, -0.2) is 0 Å². The molecule has 0 atom stereocenters.